The van der Waals surface area contributed by atoms with Crippen LogP contribution in [0.2, 0.25) is 0 Å². The van der Waals surface area contributed by atoms with Gasteiger partial charge in [-0.05, 0) is 36.3 Å². The van der Waals surface area contributed by atoms with Crippen LogP contribution in [0.1, 0.15) is 11.1 Å². The average Bonchev–Trinajstić information content (AvgIpc) is 2.51. The molecule has 22 heavy (non-hydrogen) atoms. The molecule has 0 aromatic heterocycles. The van der Waals surface area contributed by atoms with E-state index in [0.717, 1.165) is 22.3 Å². The van der Waals surface area contributed by atoms with Crippen molar-refractivity contribution in [1.29, 1.82) is 0 Å². The minimum Gasteiger partial charge on any atom is -0.492 e. The van der Waals surface area contributed by atoms with Crippen LogP contribution >= 0.6 is 0 Å². The van der Waals surface area contributed by atoms with Crippen LogP contribution < -0.4 is 9.46 Å². The van der Waals surface area contributed by atoms with E-state index in [-0.39, 0.29) is 13.2 Å². The fraction of sp³-hybridized carbons (Fsp3) is 0.176. The molecule has 0 fully saturated rings. The third kappa shape index (κ3) is 5.71. The largest absolute Gasteiger partial charge is 0.492 e. The summed E-state index contributed by atoms with van der Waals surface area (Å²) in [7, 11) is -3.45. The van der Waals surface area contributed by atoms with E-state index in [1.807, 2.05) is 61.5 Å². The third-order valence-corrected chi connectivity index (χ3v) is 4.00. The average molecular weight is 317 g/mol. The molecule has 5 heteroatoms. The standard InChI is InChI=1S/C17H19NO3S/c1-15-6-5-9-17(14-15)21-12-11-18-22(19,20)13-10-16-7-3-2-4-8-16/h2-10,13-14,18H,11-12H2,1H3. The first-order valence-electron chi connectivity index (χ1n) is 6.97. The molecule has 0 aliphatic carbocycles. The second-order valence-corrected chi connectivity index (χ2v) is 6.47. The van der Waals surface area contributed by atoms with Gasteiger partial charge in [0.15, 0.2) is 0 Å². The summed E-state index contributed by atoms with van der Waals surface area (Å²) in [6.45, 7) is 2.47. The van der Waals surface area contributed by atoms with E-state index >= 15 is 0 Å². The van der Waals surface area contributed by atoms with Crippen LogP contribution in [0, 0.1) is 6.92 Å². The van der Waals surface area contributed by atoms with Crippen molar-refractivity contribution in [2.45, 2.75) is 6.92 Å². The van der Waals surface area contributed by atoms with Gasteiger partial charge in [0.1, 0.15) is 12.4 Å². The van der Waals surface area contributed by atoms with Crippen molar-refractivity contribution in [3.63, 3.8) is 0 Å². The van der Waals surface area contributed by atoms with Crippen LogP contribution in [0.5, 0.6) is 5.75 Å². The Morgan fingerprint density at radius 2 is 1.86 bits per heavy atom. The molecule has 0 saturated heterocycles. The summed E-state index contributed by atoms with van der Waals surface area (Å²) >= 11 is 0. The molecule has 0 spiro atoms. The number of sulfonamides is 1. The second-order valence-electron chi connectivity index (χ2n) is 4.82. The lowest BCUT2D eigenvalue weighted by atomic mass is 10.2. The molecule has 2 aromatic carbocycles. The van der Waals surface area contributed by atoms with Crippen LogP contribution in [0.3, 0.4) is 0 Å². The molecular formula is C17H19NO3S. The minimum absolute atomic E-state index is 0.218. The molecule has 2 rings (SSSR count). The predicted molar refractivity (Wildman–Crippen MR) is 89.1 cm³/mol. The molecule has 0 aliphatic rings. The second kappa shape index (κ2) is 7.77. The number of rotatable bonds is 7. The van der Waals surface area contributed by atoms with Crippen LogP contribution in [-0.4, -0.2) is 21.6 Å². The zero-order valence-corrected chi connectivity index (χ0v) is 13.2. The number of benzene rings is 2. The highest BCUT2D eigenvalue weighted by Crippen LogP contribution is 2.11. The molecule has 0 radical (unpaired) electrons. The first kappa shape index (κ1) is 16.3. The quantitative estimate of drug-likeness (QED) is 0.799. The number of aryl methyl sites for hydroxylation is 1. The van der Waals surface area contributed by atoms with Gasteiger partial charge in [0, 0.05) is 12.0 Å². The Balaban J connectivity index is 1.79. The summed E-state index contributed by atoms with van der Waals surface area (Å²) < 4.78 is 31.6. The van der Waals surface area contributed by atoms with Gasteiger partial charge in [0.05, 0.1) is 0 Å². The molecule has 0 atom stereocenters. The van der Waals surface area contributed by atoms with Gasteiger partial charge in [0.2, 0.25) is 10.0 Å². The summed E-state index contributed by atoms with van der Waals surface area (Å²) in [5, 5.41) is 1.16. The van der Waals surface area contributed by atoms with Crippen LogP contribution in [0.15, 0.2) is 60.0 Å². The Kier molecular flexibility index (Phi) is 5.75. The molecule has 1 N–H and O–H groups in total. The van der Waals surface area contributed by atoms with Crippen molar-refractivity contribution in [3.8, 4) is 5.75 Å². The van der Waals surface area contributed by atoms with Gasteiger partial charge in [0.25, 0.3) is 0 Å². The number of hydrogen-bond acceptors (Lipinski definition) is 3. The van der Waals surface area contributed by atoms with E-state index in [9.17, 15) is 8.42 Å². The first-order valence-corrected chi connectivity index (χ1v) is 8.52. The fourth-order valence-electron chi connectivity index (χ4n) is 1.84. The molecule has 116 valence electrons. The smallest absolute Gasteiger partial charge is 0.233 e. The SMILES string of the molecule is Cc1cccc(OCCNS(=O)(=O)C=Cc2ccccc2)c1. The first-order chi connectivity index (χ1) is 10.6. The highest BCUT2D eigenvalue weighted by Gasteiger charge is 2.04. The van der Waals surface area contributed by atoms with E-state index in [1.165, 1.54) is 0 Å². The maximum atomic E-state index is 11.8. The van der Waals surface area contributed by atoms with Gasteiger partial charge in [-0.25, -0.2) is 13.1 Å². The molecule has 0 heterocycles. The highest BCUT2D eigenvalue weighted by molar-refractivity contribution is 7.92. The van der Waals surface area contributed by atoms with Crippen LogP contribution in [-0.2, 0) is 10.0 Å². The van der Waals surface area contributed by atoms with Crippen molar-refractivity contribution >= 4 is 16.1 Å². The lowest BCUT2D eigenvalue weighted by Crippen LogP contribution is -2.26. The molecule has 0 aliphatic heterocycles. The van der Waals surface area contributed by atoms with Crippen LogP contribution in [0.4, 0.5) is 0 Å². The predicted octanol–water partition coefficient (Wildman–Crippen LogP) is 2.96. The molecule has 0 unspecified atom stereocenters. The summed E-state index contributed by atoms with van der Waals surface area (Å²) in [6.07, 6.45) is 1.56. The summed E-state index contributed by atoms with van der Waals surface area (Å²) in [4.78, 5) is 0. The number of ether oxygens (including phenoxy) is 1. The Bertz CT molecular complexity index is 725. The van der Waals surface area contributed by atoms with Crippen molar-refractivity contribution in [2.24, 2.45) is 0 Å². The van der Waals surface area contributed by atoms with E-state index in [0.29, 0.717) is 0 Å². The summed E-state index contributed by atoms with van der Waals surface area (Å²) in [5.41, 5.74) is 1.94. The summed E-state index contributed by atoms with van der Waals surface area (Å²) in [6, 6.07) is 16.9. The maximum absolute atomic E-state index is 11.8. The van der Waals surface area contributed by atoms with E-state index in [1.54, 1.807) is 6.08 Å². The van der Waals surface area contributed by atoms with Gasteiger partial charge in [-0.3, -0.25) is 0 Å². The van der Waals surface area contributed by atoms with Gasteiger partial charge in [-0.2, -0.15) is 0 Å². The van der Waals surface area contributed by atoms with Crippen molar-refractivity contribution < 1.29 is 13.2 Å². The molecule has 0 amide bonds. The lowest BCUT2D eigenvalue weighted by molar-refractivity contribution is 0.323. The molecule has 0 bridgehead atoms. The van der Waals surface area contributed by atoms with Gasteiger partial charge in [-0.1, -0.05) is 42.5 Å². The Morgan fingerprint density at radius 1 is 1.09 bits per heavy atom. The normalized spacial score (nSPS) is 11.7. The van der Waals surface area contributed by atoms with Gasteiger partial charge < -0.3 is 4.74 Å². The van der Waals surface area contributed by atoms with Gasteiger partial charge in [-0.15, -0.1) is 0 Å². The summed E-state index contributed by atoms with van der Waals surface area (Å²) in [5.74, 6) is 0.735. The lowest BCUT2D eigenvalue weighted by Gasteiger charge is -2.07. The molecule has 4 nitrogen and oxygen atoms in total. The topological polar surface area (TPSA) is 55.4 Å². The molecule has 0 saturated carbocycles. The Labute approximate surface area is 131 Å². The molecule has 2 aromatic rings. The Hall–Kier alpha value is -2.11. The monoisotopic (exact) mass is 317 g/mol. The van der Waals surface area contributed by atoms with E-state index < -0.39 is 10.0 Å². The fourth-order valence-corrected chi connectivity index (χ4v) is 2.64. The maximum Gasteiger partial charge on any atom is 0.233 e. The minimum atomic E-state index is -3.45. The van der Waals surface area contributed by atoms with Gasteiger partial charge >= 0.3 is 0 Å². The van der Waals surface area contributed by atoms with E-state index in [2.05, 4.69) is 4.72 Å². The van der Waals surface area contributed by atoms with Crippen molar-refractivity contribution in [3.05, 3.63) is 71.1 Å². The number of nitrogens with one attached hydrogen (secondary N) is 1. The zero-order valence-electron chi connectivity index (χ0n) is 12.4. The zero-order chi connectivity index (χ0) is 15.8. The van der Waals surface area contributed by atoms with Crippen molar-refractivity contribution in [1.82, 2.24) is 4.72 Å². The van der Waals surface area contributed by atoms with E-state index in [4.69, 9.17) is 4.74 Å². The highest BCUT2D eigenvalue weighted by atomic mass is 32.2. The Morgan fingerprint density at radius 3 is 2.59 bits per heavy atom. The number of hydrogen-bond donors (Lipinski definition) is 1. The van der Waals surface area contributed by atoms with Crippen molar-refractivity contribution in [2.75, 3.05) is 13.2 Å². The molecular weight excluding hydrogens is 298 g/mol. The third-order valence-electron chi connectivity index (χ3n) is 2.90. The van der Waals surface area contributed by atoms with Crippen LogP contribution in [0.25, 0.3) is 6.08 Å².